The van der Waals surface area contributed by atoms with E-state index in [4.69, 9.17) is 4.74 Å². The Balaban J connectivity index is 1.99. The van der Waals surface area contributed by atoms with Gasteiger partial charge in [0.2, 0.25) is 0 Å². The van der Waals surface area contributed by atoms with E-state index in [1.165, 1.54) is 22.9 Å². The van der Waals surface area contributed by atoms with Crippen LogP contribution in [0, 0.1) is 0 Å². The lowest BCUT2D eigenvalue weighted by molar-refractivity contribution is 0.109. The summed E-state index contributed by atoms with van der Waals surface area (Å²) in [5.74, 6) is 0.269. The molecule has 0 saturated heterocycles. The van der Waals surface area contributed by atoms with Gasteiger partial charge in [-0.1, -0.05) is 92.0 Å². The molecular formula is C25H32N2O3S. The second-order valence-corrected chi connectivity index (χ2v) is 8.30. The van der Waals surface area contributed by atoms with E-state index in [-0.39, 0.29) is 17.8 Å². The predicted molar refractivity (Wildman–Crippen MR) is 129 cm³/mol. The van der Waals surface area contributed by atoms with Gasteiger partial charge in [-0.25, -0.2) is 4.79 Å². The van der Waals surface area contributed by atoms with Crippen LogP contribution in [0.2, 0.25) is 0 Å². The topological polar surface area (TPSA) is 58.6 Å². The number of amides is 1. The molecule has 0 fully saturated rings. The minimum absolute atomic E-state index is 0.0389. The molecule has 0 saturated carbocycles. The smallest absolute Gasteiger partial charge is 0.411 e. The first-order valence-electron chi connectivity index (χ1n) is 10.6. The van der Waals surface area contributed by atoms with Gasteiger partial charge in [0, 0.05) is 17.7 Å². The molecule has 2 rings (SSSR count). The summed E-state index contributed by atoms with van der Waals surface area (Å²) in [6.07, 6.45) is 2.83. The number of carbonyl (C=O) groups is 2. The monoisotopic (exact) mass is 440 g/mol. The lowest BCUT2D eigenvalue weighted by atomic mass is 9.88. The van der Waals surface area contributed by atoms with E-state index >= 15 is 0 Å². The number of nitrogens with one attached hydrogen (secondary N) is 1. The Morgan fingerprint density at radius 1 is 1.13 bits per heavy atom. The van der Waals surface area contributed by atoms with Crippen molar-refractivity contribution in [3.05, 3.63) is 84.4 Å². The van der Waals surface area contributed by atoms with E-state index in [1.807, 2.05) is 19.1 Å². The van der Waals surface area contributed by atoms with Gasteiger partial charge in [-0.3, -0.25) is 15.0 Å². The summed E-state index contributed by atoms with van der Waals surface area (Å²) in [4.78, 5) is 25.0. The van der Waals surface area contributed by atoms with Gasteiger partial charge in [0.05, 0.1) is 6.67 Å². The van der Waals surface area contributed by atoms with Gasteiger partial charge in [0.1, 0.15) is 6.61 Å². The number of thioether (sulfide) groups is 1. The molecule has 0 aliphatic carbocycles. The average Bonchev–Trinajstić information content (AvgIpc) is 2.82. The molecule has 6 heteroatoms. The lowest BCUT2D eigenvalue weighted by Crippen LogP contribution is -2.43. The van der Waals surface area contributed by atoms with Crippen LogP contribution in [-0.4, -0.2) is 48.2 Å². The van der Waals surface area contributed by atoms with Crippen molar-refractivity contribution in [1.82, 2.24) is 10.2 Å². The van der Waals surface area contributed by atoms with Crippen LogP contribution >= 0.6 is 11.8 Å². The zero-order valence-electron chi connectivity index (χ0n) is 18.1. The predicted octanol–water partition coefficient (Wildman–Crippen LogP) is 5.08. The first-order valence-corrected chi connectivity index (χ1v) is 11.6. The van der Waals surface area contributed by atoms with Crippen LogP contribution in [0.15, 0.2) is 73.3 Å². The van der Waals surface area contributed by atoms with Gasteiger partial charge in [-0.2, -0.15) is 0 Å². The Bertz CT molecular complexity index is 746. The molecule has 0 aromatic heterocycles. The van der Waals surface area contributed by atoms with E-state index in [1.54, 1.807) is 11.0 Å². The second-order valence-electron chi connectivity index (χ2n) is 7.17. The van der Waals surface area contributed by atoms with Crippen LogP contribution in [0.1, 0.15) is 36.8 Å². The zero-order chi connectivity index (χ0) is 22.3. The van der Waals surface area contributed by atoms with E-state index in [0.29, 0.717) is 13.2 Å². The molecule has 1 unspecified atom stereocenters. The molecule has 31 heavy (non-hydrogen) atoms. The molecule has 1 atom stereocenters. The van der Waals surface area contributed by atoms with Crippen molar-refractivity contribution in [1.29, 1.82) is 0 Å². The van der Waals surface area contributed by atoms with Gasteiger partial charge in [-0.15, -0.1) is 0 Å². The molecule has 1 amide bonds. The van der Waals surface area contributed by atoms with Crippen molar-refractivity contribution in [2.45, 2.75) is 30.9 Å². The SMILES string of the molecule is C=CCOC(=O)N(CNCCC(c1ccccc1)c1ccccc1)CC(CC)SC=O. The van der Waals surface area contributed by atoms with Crippen LogP contribution in [0.5, 0.6) is 0 Å². The summed E-state index contributed by atoms with van der Waals surface area (Å²) in [5.41, 5.74) is 3.37. The summed E-state index contributed by atoms with van der Waals surface area (Å²) in [5, 5.41) is 3.42. The lowest BCUT2D eigenvalue weighted by Gasteiger charge is -2.26. The Labute approximate surface area is 189 Å². The van der Waals surface area contributed by atoms with Crippen LogP contribution in [-0.2, 0) is 9.53 Å². The highest BCUT2D eigenvalue weighted by Crippen LogP contribution is 2.27. The molecule has 0 bridgehead atoms. The maximum atomic E-state index is 12.4. The van der Waals surface area contributed by atoms with Crippen LogP contribution in [0.4, 0.5) is 4.79 Å². The normalized spacial score (nSPS) is 11.7. The Kier molecular flexibility index (Phi) is 11.5. The number of nitrogens with zero attached hydrogens (tertiary/aromatic N) is 1. The third-order valence-electron chi connectivity index (χ3n) is 5.03. The fourth-order valence-corrected chi connectivity index (χ4v) is 3.99. The standard InChI is InChI=1S/C25H32N2O3S/c1-3-17-30-25(29)27(18-23(4-2)31-20-28)19-26-16-15-24(21-11-7-5-8-12-21)22-13-9-6-10-14-22/h3,5-14,20,23-24,26H,1,4,15-19H2,2H3. The highest BCUT2D eigenvalue weighted by molar-refractivity contribution is 8.12. The fourth-order valence-electron chi connectivity index (χ4n) is 3.37. The molecule has 5 nitrogen and oxygen atoms in total. The molecule has 1 N–H and O–H groups in total. The quantitative estimate of drug-likeness (QED) is 0.192. The third-order valence-corrected chi connectivity index (χ3v) is 6.00. The van der Waals surface area contributed by atoms with Gasteiger partial charge >= 0.3 is 6.09 Å². The highest BCUT2D eigenvalue weighted by Gasteiger charge is 2.20. The Morgan fingerprint density at radius 3 is 2.26 bits per heavy atom. The number of hydrogen-bond acceptors (Lipinski definition) is 5. The fraction of sp³-hybridized carbons (Fsp3) is 0.360. The summed E-state index contributed by atoms with van der Waals surface area (Å²) < 4.78 is 5.22. The van der Waals surface area contributed by atoms with E-state index in [2.05, 4.69) is 60.4 Å². The first kappa shape index (κ1) is 24.7. The Morgan fingerprint density at radius 2 is 1.74 bits per heavy atom. The zero-order valence-corrected chi connectivity index (χ0v) is 18.9. The van der Waals surface area contributed by atoms with Crippen LogP contribution < -0.4 is 5.32 Å². The summed E-state index contributed by atoms with van der Waals surface area (Å²) in [6, 6.07) is 20.9. The van der Waals surface area contributed by atoms with Gasteiger partial charge in [0.25, 0.3) is 0 Å². The van der Waals surface area contributed by atoms with Gasteiger partial charge in [0.15, 0.2) is 5.62 Å². The molecule has 0 aliphatic heterocycles. The second kappa shape index (κ2) is 14.4. The maximum Gasteiger partial charge on any atom is 0.411 e. The number of hydrogen-bond donors (Lipinski definition) is 1. The van der Waals surface area contributed by atoms with Crippen molar-refractivity contribution in [2.24, 2.45) is 0 Å². The van der Waals surface area contributed by atoms with Crippen molar-refractivity contribution >= 4 is 23.5 Å². The summed E-state index contributed by atoms with van der Waals surface area (Å²) in [7, 11) is 0. The van der Waals surface area contributed by atoms with E-state index in [9.17, 15) is 9.59 Å². The van der Waals surface area contributed by atoms with Crippen molar-refractivity contribution in [3.63, 3.8) is 0 Å². The number of rotatable bonds is 14. The summed E-state index contributed by atoms with van der Waals surface area (Å²) >= 11 is 1.21. The molecular weight excluding hydrogens is 408 g/mol. The molecule has 166 valence electrons. The number of carbonyl (C=O) groups excluding carboxylic acids is 2. The number of benzene rings is 2. The summed E-state index contributed by atoms with van der Waals surface area (Å²) in [6.45, 7) is 7.30. The van der Waals surface area contributed by atoms with E-state index < -0.39 is 6.09 Å². The number of ether oxygens (including phenoxy) is 1. The molecule has 2 aromatic carbocycles. The maximum absolute atomic E-state index is 12.4. The molecule has 2 aromatic rings. The molecule has 0 heterocycles. The van der Waals surface area contributed by atoms with Crippen LogP contribution in [0.3, 0.4) is 0 Å². The van der Waals surface area contributed by atoms with Crippen LogP contribution in [0.25, 0.3) is 0 Å². The van der Waals surface area contributed by atoms with E-state index in [0.717, 1.165) is 25.0 Å². The average molecular weight is 441 g/mol. The first-order chi connectivity index (χ1) is 15.2. The van der Waals surface area contributed by atoms with Gasteiger partial charge in [-0.05, 0) is 30.5 Å². The minimum atomic E-state index is -0.403. The highest BCUT2D eigenvalue weighted by atomic mass is 32.2. The molecule has 0 spiro atoms. The van der Waals surface area contributed by atoms with Crippen molar-refractivity contribution < 1.29 is 14.3 Å². The molecule has 0 radical (unpaired) electrons. The van der Waals surface area contributed by atoms with Gasteiger partial charge < -0.3 is 4.74 Å². The molecule has 0 aliphatic rings. The van der Waals surface area contributed by atoms with Crippen molar-refractivity contribution in [2.75, 3.05) is 26.4 Å². The minimum Gasteiger partial charge on any atom is -0.445 e. The Hall–Kier alpha value is -2.57. The largest absolute Gasteiger partial charge is 0.445 e. The van der Waals surface area contributed by atoms with Crippen molar-refractivity contribution in [3.8, 4) is 0 Å². The third kappa shape index (κ3) is 8.59.